The Bertz CT molecular complexity index is 248. The van der Waals surface area contributed by atoms with Crippen molar-refractivity contribution in [2.45, 2.75) is 19.2 Å². The van der Waals surface area contributed by atoms with Gasteiger partial charge in [0.25, 0.3) is 0 Å². The van der Waals surface area contributed by atoms with E-state index in [9.17, 15) is 23.1 Å². The van der Waals surface area contributed by atoms with Crippen molar-refractivity contribution in [2.24, 2.45) is 5.92 Å². The molecule has 0 bridgehead atoms. The topological polar surface area (TPSA) is 100 Å². The largest absolute Gasteiger partial charge is 1.00 e. The Labute approximate surface area is 92.5 Å². The summed E-state index contributed by atoms with van der Waals surface area (Å²) in [4.78, 5) is 8.94. The summed E-state index contributed by atoms with van der Waals surface area (Å²) in [7, 11) is -4.81. The molecule has 0 aromatic heterocycles. The van der Waals surface area contributed by atoms with Crippen molar-refractivity contribution in [1.29, 1.82) is 0 Å². The Morgan fingerprint density at radius 2 is 1.67 bits per heavy atom. The van der Waals surface area contributed by atoms with E-state index in [1.807, 2.05) is 0 Å². The predicted molar refractivity (Wildman–Crippen MR) is 35.3 cm³/mol. The van der Waals surface area contributed by atoms with Crippen LogP contribution >= 0.6 is 0 Å². The first kappa shape index (κ1) is 14.8. The summed E-state index contributed by atoms with van der Waals surface area (Å²) in [6, 6.07) is 0. The summed E-state index contributed by atoms with van der Waals surface area (Å²) in [5, 5.41) is 7.99. The van der Waals surface area contributed by atoms with Gasteiger partial charge in [-0.05, 0) is 0 Å². The summed E-state index contributed by atoms with van der Waals surface area (Å²) in [6.45, 7) is 2.62. The van der Waals surface area contributed by atoms with Crippen molar-refractivity contribution in [2.75, 3.05) is 0 Å². The maximum atomic E-state index is 10.2. The number of hydrogen-bond acceptors (Lipinski definition) is 5. The van der Waals surface area contributed by atoms with Crippen LogP contribution in [0.2, 0.25) is 0 Å². The molecule has 8 heteroatoms. The van der Waals surface area contributed by atoms with Gasteiger partial charge in [-0.1, -0.05) is 13.8 Å². The molecule has 0 amide bonds. The predicted octanol–water partition coefficient (Wildman–Crippen LogP) is -3.21. The number of nitro groups is 1. The van der Waals surface area contributed by atoms with E-state index in [1.165, 1.54) is 13.8 Å². The number of nitrogens with zero attached hydrogens (tertiary/aromatic N) is 1. The van der Waals surface area contributed by atoms with Gasteiger partial charge in [0.2, 0.25) is 0 Å². The molecule has 1 atom stereocenters. The SMILES string of the molecule is CC(C)C([N+](=O)[O-])S(=O)(=O)[O-].[Na+]. The molecule has 1 unspecified atom stereocenters. The molecule has 66 valence electrons. The van der Waals surface area contributed by atoms with Crippen LogP contribution < -0.4 is 29.6 Å². The van der Waals surface area contributed by atoms with Gasteiger partial charge in [-0.2, -0.15) is 0 Å². The van der Waals surface area contributed by atoms with Gasteiger partial charge >= 0.3 is 34.9 Å². The van der Waals surface area contributed by atoms with Gasteiger partial charge in [0, 0.05) is 10.8 Å². The van der Waals surface area contributed by atoms with Crippen LogP contribution in [0.15, 0.2) is 0 Å². The van der Waals surface area contributed by atoms with Crippen molar-refractivity contribution in [3.05, 3.63) is 10.1 Å². The van der Waals surface area contributed by atoms with E-state index in [-0.39, 0.29) is 29.6 Å². The molecule has 0 saturated carbocycles. The van der Waals surface area contributed by atoms with Crippen LogP contribution in [-0.2, 0) is 10.1 Å². The molecule has 6 nitrogen and oxygen atoms in total. The first-order valence-electron chi connectivity index (χ1n) is 2.85. The van der Waals surface area contributed by atoms with E-state index in [1.54, 1.807) is 0 Å². The van der Waals surface area contributed by atoms with Gasteiger partial charge in [0.15, 0.2) is 10.1 Å². The summed E-state index contributed by atoms with van der Waals surface area (Å²) in [6.07, 6.45) is 0. The van der Waals surface area contributed by atoms with E-state index >= 15 is 0 Å². The molecular formula is C4H8NNaO5S. The molecule has 0 aromatic rings. The van der Waals surface area contributed by atoms with Crippen molar-refractivity contribution in [1.82, 2.24) is 0 Å². The summed E-state index contributed by atoms with van der Waals surface area (Å²) in [5.41, 5.74) is 0. The minimum absolute atomic E-state index is 0. The third-order valence-corrected chi connectivity index (χ3v) is 2.38. The average molecular weight is 205 g/mol. The van der Waals surface area contributed by atoms with Gasteiger partial charge in [0.1, 0.15) is 0 Å². The molecule has 0 N–H and O–H groups in total. The van der Waals surface area contributed by atoms with Gasteiger partial charge in [-0.25, -0.2) is 8.42 Å². The molecular weight excluding hydrogens is 197 g/mol. The van der Waals surface area contributed by atoms with Crippen molar-refractivity contribution < 1.29 is 47.5 Å². The van der Waals surface area contributed by atoms with Crippen LogP contribution in [0.1, 0.15) is 13.8 Å². The molecule has 0 rings (SSSR count). The second-order valence-electron chi connectivity index (χ2n) is 2.41. The van der Waals surface area contributed by atoms with Crippen LogP contribution in [0.3, 0.4) is 0 Å². The third-order valence-electron chi connectivity index (χ3n) is 1.07. The second kappa shape index (κ2) is 5.13. The number of rotatable bonds is 3. The van der Waals surface area contributed by atoms with Crippen LogP contribution in [0.5, 0.6) is 0 Å². The molecule has 0 saturated heterocycles. The summed E-state index contributed by atoms with van der Waals surface area (Å²) < 4.78 is 30.7. The molecule has 0 radical (unpaired) electrons. The first-order valence-corrected chi connectivity index (χ1v) is 4.32. The maximum absolute atomic E-state index is 10.2. The molecule has 0 aliphatic carbocycles. The Hall–Kier alpha value is 0.310. The fourth-order valence-electron chi connectivity index (χ4n) is 0.682. The van der Waals surface area contributed by atoms with Crippen LogP contribution in [0.25, 0.3) is 0 Å². The second-order valence-corrected chi connectivity index (χ2v) is 3.88. The quantitative estimate of drug-likeness (QED) is 0.209. The molecule has 12 heavy (non-hydrogen) atoms. The zero-order valence-electron chi connectivity index (χ0n) is 7.05. The van der Waals surface area contributed by atoms with Crippen molar-refractivity contribution in [3.63, 3.8) is 0 Å². The van der Waals surface area contributed by atoms with Crippen LogP contribution in [0, 0.1) is 16.0 Å². The van der Waals surface area contributed by atoms with E-state index in [0.29, 0.717) is 0 Å². The van der Waals surface area contributed by atoms with E-state index in [0.717, 1.165) is 0 Å². The van der Waals surface area contributed by atoms with Crippen LogP contribution in [-0.4, -0.2) is 23.3 Å². The molecule has 0 heterocycles. The minimum Gasteiger partial charge on any atom is -0.743 e. The van der Waals surface area contributed by atoms with Crippen LogP contribution in [0.4, 0.5) is 0 Å². The maximum Gasteiger partial charge on any atom is 1.00 e. The monoisotopic (exact) mass is 205 g/mol. The van der Waals surface area contributed by atoms with E-state index in [4.69, 9.17) is 0 Å². The fourth-order valence-corrected chi connectivity index (χ4v) is 1.56. The van der Waals surface area contributed by atoms with Crippen molar-refractivity contribution >= 4 is 10.1 Å². The van der Waals surface area contributed by atoms with Gasteiger partial charge < -0.3 is 4.55 Å². The zero-order valence-corrected chi connectivity index (χ0v) is 9.87. The van der Waals surface area contributed by atoms with E-state index in [2.05, 4.69) is 0 Å². The fraction of sp³-hybridized carbons (Fsp3) is 1.00. The standard InChI is InChI=1S/C4H9NO5S.Na/c1-3(2)4(5(6)7)11(8,9)10;/h3-4H,1-2H3,(H,8,9,10);/q;+1/p-1. The summed E-state index contributed by atoms with van der Waals surface area (Å²) in [5.74, 6) is -0.799. The molecule has 0 aliphatic heterocycles. The third kappa shape index (κ3) is 4.36. The van der Waals surface area contributed by atoms with Gasteiger partial charge in [0.05, 0.1) is 0 Å². The molecule has 0 spiro atoms. The number of hydrogen-bond donors (Lipinski definition) is 0. The Kier molecular flexibility index (Phi) is 6.33. The average Bonchev–Trinajstić information content (AvgIpc) is 1.54. The Morgan fingerprint density at radius 1 is 1.33 bits per heavy atom. The first-order chi connectivity index (χ1) is 4.76. The molecule has 0 aliphatic rings. The molecule has 0 fully saturated rings. The van der Waals surface area contributed by atoms with Gasteiger partial charge in [-0.15, -0.1) is 0 Å². The van der Waals surface area contributed by atoms with Crippen molar-refractivity contribution in [3.8, 4) is 0 Å². The molecule has 0 aromatic carbocycles. The zero-order chi connectivity index (χ0) is 9.23. The normalized spacial score (nSPS) is 13.7. The van der Waals surface area contributed by atoms with Gasteiger partial charge in [-0.3, -0.25) is 10.1 Å². The minimum atomic E-state index is -4.81. The smallest absolute Gasteiger partial charge is 0.743 e. The Balaban J connectivity index is 0. The Morgan fingerprint density at radius 3 is 1.67 bits per heavy atom. The summed E-state index contributed by atoms with van der Waals surface area (Å²) >= 11 is 0. The van der Waals surface area contributed by atoms with E-state index < -0.39 is 26.3 Å².